The first kappa shape index (κ1) is 15.0. The number of carbonyl (C=O) groups is 2. The maximum absolute atomic E-state index is 12.3. The van der Waals surface area contributed by atoms with E-state index in [2.05, 4.69) is 21.2 Å². The zero-order valence-electron chi connectivity index (χ0n) is 11.3. The van der Waals surface area contributed by atoms with E-state index in [1.807, 2.05) is 24.3 Å². The van der Waals surface area contributed by atoms with E-state index in [9.17, 15) is 9.59 Å². The summed E-state index contributed by atoms with van der Waals surface area (Å²) in [7, 11) is 1.57. The van der Waals surface area contributed by atoms with E-state index >= 15 is 0 Å². The van der Waals surface area contributed by atoms with E-state index in [4.69, 9.17) is 4.74 Å². The molecule has 1 unspecified atom stereocenters. The van der Waals surface area contributed by atoms with Crippen LogP contribution in [0.25, 0.3) is 0 Å². The molecule has 1 atom stereocenters. The Bertz CT molecular complexity index is 507. The molecule has 0 bridgehead atoms. The van der Waals surface area contributed by atoms with Crippen LogP contribution in [0.4, 0.5) is 5.69 Å². The topological polar surface area (TPSA) is 58.6 Å². The highest BCUT2D eigenvalue weighted by Gasteiger charge is 2.37. The van der Waals surface area contributed by atoms with Crippen molar-refractivity contribution in [2.45, 2.75) is 6.42 Å². The number of ether oxygens (including phenoxy) is 1. The summed E-state index contributed by atoms with van der Waals surface area (Å²) < 4.78 is 5.73. The number of anilines is 1. The Morgan fingerprint density at radius 2 is 2.25 bits per heavy atom. The van der Waals surface area contributed by atoms with Gasteiger partial charge in [0.25, 0.3) is 0 Å². The first-order valence-electron chi connectivity index (χ1n) is 6.47. The Morgan fingerprint density at radius 3 is 2.95 bits per heavy atom. The van der Waals surface area contributed by atoms with Gasteiger partial charge in [0.2, 0.25) is 11.8 Å². The van der Waals surface area contributed by atoms with E-state index in [0.29, 0.717) is 26.1 Å². The monoisotopic (exact) mass is 340 g/mol. The summed E-state index contributed by atoms with van der Waals surface area (Å²) in [5, 5.41) is 2.72. The predicted octanol–water partition coefficient (Wildman–Crippen LogP) is 1.56. The molecule has 1 aliphatic heterocycles. The second kappa shape index (κ2) is 6.85. The third kappa shape index (κ3) is 3.19. The molecule has 0 spiro atoms. The fourth-order valence-electron chi connectivity index (χ4n) is 2.23. The van der Waals surface area contributed by atoms with E-state index < -0.39 is 5.92 Å². The lowest BCUT2D eigenvalue weighted by molar-refractivity contribution is -0.132. The van der Waals surface area contributed by atoms with E-state index in [-0.39, 0.29) is 11.8 Å². The standard InChI is InChI=1S/C14H17BrN2O3/c1-20-9-7-16-13(18)10-6-8-17(14(10)19)12-5-3-2-4-11(12)15/h2-5,10H,6-9H2,1H3,(H,16,18). The molecule has 1 aromatic rings. The molecule has 1 aliphatic rings. The molecule has 6 heteroatoms. The summed E-state index contributed by atoms with van der Waals surface area (Å²) in [6.07, 6.45) is 0.541. The van der Waals surface area contributed by atoms with Crippen LogP contribution in [-0.4, -0.2) is 38.6 Å². The quantitative estimate of drug-likeness (QED) is 0.653. The zero-order chi connectivity index (χ0) is 14.5. The highest BCUT2D eigenvalue weighted by Crippen LogP contribution is 2.31. The molecular weight excluding hydrogens is 324 g/mol. The average molecular weight is 341 g/mol. The Kier molecular flexibility index (Phi) is 5.14. The van der Waals surface area contributed by atoms with Crippen molar-refractivity contribution in [3.63, 3.8) is 0 Å². The number of hydrogen-bond acceptors (Lipinski definition) is 3. The molecule has 1 heterocycles. The Balaban J connectivity index is 2.02. The van der Waals surface area contributed by atoms with E-state index in [1.54, 1.807) is 12.0 Å². The van der Waals surface area contributed by atoms with Crippen molar-refractivity contribution in [1.82, 2.24) is 5.32 Å². The number of benzene rings is 1. The summed E-state index contributed by atoms with van der Waals surface area (Å²) >= 11 is 3.43. The molecular formula is C14H17BrN2O3. The van der Waals surface area contributed by atoms with Crippen LogP contribution in [0.3, 0.4) is 0 Å². The van der Waals surface area contributed by atoms with Gasteiger partial charge in [-0.3, -0.25) is 9.59 Å². The third-order valence-corrected chi connectivity index (χ3v) is 3.94. The lowest BCUT2D eigenvalue weighted by Gasteiger charge is -2.18. The number of halogens is 1. The highest BCUT2D eigenvalue weighted by atomic mass is 79.9. The molecule has 0 aromatic heterocycles. The molecule has 1 N–H and O–H groups in total. The van der Waals surface area contributed by atoms with Gasteiger partial charge in [0.05, 0.1) is 12.3 Å². The molecule has 20 heavy (non-hydrogen) atoms. The second-order valence-electron chi connectivity index (χ2n) is 4.57. The number of hydrogen-bond donors (Lipinski definition) is 1. The molecule has 1 fully saturated rings. The highest BCUT2D eigenvalue weighted by molar-refractivity contribution is 9.10. The number of methoxy groups -OCH3 is 1. The molecule has 2 amide bonds. The van der Waals surface area contributed by atoms with Gasteiger partial charge in [-0.15, -0.1) is 0 Å². The minimum atomic E-state index is -0.598. The van der Waals surface area contributed by atoms with E-state index in [0.717, 1.165) is 10.2 Å². The van der Waals surface area contributed by atoms with Crippen molar-refractivity contribution in [2.75, 3.05) is 31.7 Å². The van der Waals surface area contributed by atoms with Gasteiger partial charge in [-0.2, -0.15) is 0 Å². The van der Waals surface area contributed by atoms with Crippen LogP contribution in [0, 0.1) is 5.92 Å². The summed E-state index contributed by atoms with van der Waals surface area (Å²) in [6.45, 7) is 1.43. The van der Waals surface area contributed by atoms with Gasteiger partial charge in [-0.1, -0.05) is 12.1 Å². The van der Waals surface area contributed by atoms with Crippen LogP contribution in [0.15, 0.2) is 28.7 Å². The molecule has 108 valence electrons. The van der Waals surface area contributed by atoms with Crippen molar-refractivity contribution in [3.8, 4) is 0 Å². The van der Waals surface area contributed by atoms with Crippen LogP contribution in [-0.2, 0) is 14.3 Å². The molecule has 1 saturated heterocycles. The Hall–Kier alpha value is -1.40. The number of nitrogens with zero attached hydrogens (tertiary/aromatic N) is 1. The number of carbonyl (C=O) groups excluding carboxylic acids is 2. The van der Waals surface area contributed by atoms with Crippen molar-refractivity contribution >= 4 is 33.4 Å². The smallest absolute Gasteiger partial charge is 0.239 e. The van der Waals surface area contributed by atoms with Gasteiger partial charge in [0.15, 0.2) is 0 Å². The zero-order valence-corrected chi connectivity index (χ0v) is 12.9. The minimum Gasteiger partial charge on any atom is -0.383 e. The first-order valence-corrected chi connectivity index (χ1v) is 7.27. The molecule has 1 aromatic carbocycles. The summed E-state index contributed by atoms with van der Waals surface area (Å²) in [5.74, 6) is -0.965. The van der Waals surface area contributed by atoms with Crippen LogP contribution in [0.1, 0.15) is 6.42 Å². The van der Waals surface area contributed by atoms with Gasteiger partial charge in [-0.05, 0) is 34.5 Å². The fourth-order valence-corrected chi connectivity index (χ4v) is 2.73. The Morgan fingerprint density at radius 1 is 1.50 bits per heavy atom. The lowest BCUT2D eigenvalue weighted by atomic mass is 10.1. The maximum Gasteiger partial charge on any atom is 0.239 e. The molecule has 0 saturated carbocycles. The van der Waals surface area contributed by atoms with Crippen LogP contribution in [0.2, 0.25) is 0 Å². The van der Waals surface area contributed by atoms with Gasteiger partial charge >= 0.3 is 0 Å². The summed E-state index contributed by atoms with van der Waals surface area (Å²) in [6, 6.07) is 7.52. The predicted molar refractivity (Wildman–Crippen MR) is 79.5 cm³/mol. The normalized spacial score (nSPS) is 18.4. The second-order valence-corrected chi connectivity index (χ2v) is 5.42. The largest absolute Gasteiger partial charge is 0.383 e. The van der Waals surface area contributed by atoms with Crippen LogP contribution >= 0.6 is 15.9 Å². The van der Waals surface area contributed by atoms with Crippen molar-refractivity contribution in [3.05, 3.63) is 28.7 Å². The van der Waals surface area contributed by atoms with Crippen molar-refractivity contribution in [1.29, 1.82) is 0 Å². The molecule has 2 rings (SSSR count). The minimum absolute atomic E-state index is 0.146. The molecule has 0 aliphatic carbocycles. The van der Waals surface area contributed by atoms with Gasteiger partial charge < -0.3 is 15.0 Å². The maximum atomic E-state index is 12.3. The average Bonchev–Trinajstić information content (AvgIpc) is 2.81. The first-order chi connectivity index (χ1) is 9.65. The van der Waals surface area contributed by atoms with E-state index in [1.165, 1.54) is 0 Å². The van der Waals surface area contributed by atoms with Gasteiger partial charge in [0, 0.05) is 24.7 Å². The van der Waals surface area contributed by atoms with Crippen LogP contribution in [0.5, 0.6) is 0 Å². The Labute approximate surface area is 126 Å². The van der Waals surface area contributed by atoms with Crippen molar-refractivity contribution in [2.24, 2.45) is 5.92 Å². The summed E-state index contributed by atoms with van der Waals surface area (Å²) in [5.41, 5.74) is 0.810. The third-order valence-electron chi connectivity index (χ3n) is 3.27. The number of rotatable bonds is 5. The SMILES string of the molecule is COCCNC(=O)C1CCN(c2ccccc2Br)C1=O. The fraction of sp³-hybridized carbons (Fsp3) is 0.429. The number of amides is 2. The van der Waals surface area contributed by atoms with Crippen molar-refractivity contribution < 1.29 is 14.3 Å². The van der Waals surface area contributed by atoms with Gasteiger partial charge in [0.1, 0.15) is 5.92 Å². The van der Waals surface area contributed by atoms with Gasteiger partial charge in [-0.25, -0.2) is 0 Å². The number of para-hydroxylation sites is 1. The lowest BCUT2D eigenvalue weighted by Crippen LogP contribution is -2.38. The number of nitrogens with one attached hydrogen (secondary N) is 1. The summed E-state index contributed by atoms with van der Waals surface area (Å²) in [4.78, 5) is 26.0. The van der Waals surface area contributed by atoms with Crippen LogP contribution < -0.4 is 10.2 Å². The molecule has 0 radical (unpaired) electrons. The molecule has 5 nitrogen and oxygen atoms in total.